The Kier molecular flexibility index (Phi) is 4.48. The summed E-state index contributed by atoms with van der Waals surface area (Å²) in [5.41, 5.74) is 0.409. The molecule has 1 aromatic heterocycles. The summed E-state index contributed by atoms with van der Waals surface area (Å²) < 4.78 is 28.3. The zero-order valence-electron chi connectivity index (χ0n) is 12.4. The lowest BCUT2D eigenvalue weighted by atomic mass is 10.1. The first-order valence-electron chi connectivity index (χ1n) is 6.92. The molecule has 0 saturated carbocycles. The van der Waals surface area contributed by atoms with Crippen LogP contribution in [0.25, 0.3) is 0 Å². The van der Waals surface area contributed by atoms with Gasteiger partial charge in [-0.15, -0.1) is 11.3 Å². The van der Waals surface area contributed by atoms with Crippen LogP contribution in [-0.4, -0.2) is 14.2 Å². The molecule has 0 aliphatic heterocycles. The second-order valence-corrected chi connectivity index (χ2v) is 7.44. The van der Waals surface area contributed by atoms with Gasteiger partial charge in [0.25, 0.3) is 0 Å². The van der Waals surface area contributed by atoms with Gasteiger partial charge in [-0.25, -0.2) is 13.6 Å². The van der Waals surface area contributed by atoms with Gasteiger partial charge in [0, 0.05) is 10.9 Å². The summed E-state index contributed by atoms with van der Waals surface area (Å²) >= 11 is 1.04. The molecule has 0 aliphatic carbocycles. The summed E-state index contributed by atoms with van der Waals surface area (Å²) in [6.07, 6.45) is 0. The van der Waals surface area contributed by atoms with E-state index in [1.54, 1.807) is 24.3 Å². The molecule has 0 fully saturated rings. The standard InChI is InChI=1S/C17H13NO4S2/c18-24(20,21)15-10-16(23-11-15)17(19)12-5-4-8-14(9-12)22-13-6-2-1-3-7-13/h1-11H,(H2,18,20,21). The van der Waals surface area contributed by atoms with E-state index in [2.05, 4.69) is 0 Å². The highest BCUT2D eigenvalue weighted by Gasteiger charge is 2.17. The fourth-order valence-corrected chi connectivity index (χ4v) is 3.82. The second kappa shape index (κ2) is 6.56. The minimum Gasteiger partial charge on any atom is -0.457 e. The molecular formula is C17H13NO4S2. The molecule has 24 heavy (non-hydrogen) atoms. The van der Waals surface area contributed by atoms with Crippen molar-refractivity contribution in [3.8, 4) is 11.5 Å². The van der Waals surface area contributed by atoms with E-state index in [1.165, 1.54) is 11.4 Å². The number of benzene rings is 2. The number of carbonyl (C=O) groups excluding carboxylic acids is 1. The molecular weight excluding hydrogens is 346 g/mol. The topological polar surface area (TPSA) is 86.5 Å². The number of thiophene rings is 1. The summed E-state index contributed by atoms with van der Waals surface area (Å²) in [5.74, 6) is 0.901. The van der Waals surface area contributed by atoms with Crippen LogP contribution < -0.4 is 9.88 Å². The van der Waals surface area contributed by atoms with Crippen molar-refractivity contribution in [3.63, 3.8) is 0 Å². The van der Waals surface area contributed by atoms with Gasteiger partial charge in [0.2, 0.25) is 15.8 Å². The molecule has 0 bridgehead atoms. The van der Waals surface area contributed by atoms with Gasteiger partial charge >= 0.3 is 0 Å². The van der Waals surface area contributed by atoms with Crippen LogP contribution in [0.3, 0.4) is 0 Å². The van der Waals surface area contributed by atoms with Crippen LogP contribution in [0.1, 0.15) is 15.2 Å². The third-order valence-corrected chi connectivity index (χ3v) is 5.17. The first-order valence-corrected chi connectivity index (χ1v) is 9.35. The molecule has 0 unspecified atom stereocenters. The lowest BCUT2D eigenvalue weighted by molar-refractivity contribution is 0.104. The Balaban J connectivity index is 1.86. The van der Waals surface area contributed by atoms with Crippen LogP contribution in [0.4, 0.5) is 0 Å². The van der Waals surface area contributed by atoms with Crippen molar-refractivity contribution in [3.05, 3.63) is 76.5 Å². The van der Waals surface area contributed by atoms with Gasteiger partial charge in [0.15, 0.2) is 0 Å². The van der Waals surface area contributed by atoms with Crippen molar-refractivity contribution in [1.82, 2.24) is 0 Å². The van der Waals surface area contributed by atoms with Gasteiger partial charge < -0.3 is 4.74 Å². The first kappa shape index (κ1) is 16.4. The highest BCUT2D eigenvalue weighted by Crippen LogP contribution is 2.25. The molecule has 5 nitrogen and oxygen atoms in total. The Morgan fingerprint density at radius 1 is 0.958 bits per heavy atom. The number of ketones is 1. The number of sulfonamides is 1. The fourth-order valence-electron chi connectivity index (χ4n) is 2.05. The van der Waals surface area contributed by atoms with Crippen LogP contribution in [0.15, 0.2) is 70.9 Å². The number of rotatable bonds is 5. The van der Waals surface area contributed by atoms with Gasteiger partial charge in [-0.1, -0.05) is 30.3 Å². The highest BCUT2D eigenvalue weighted by molar-refractivity contribution is 7.89. The van der Waals surface area contributed by atoms with E-state index in [-0.39, 0.29) is 10.7 Å². The lowest BCUT2D eigenvalue weighted by Crippen LogP contribution is -2.11. The van der Waals surface area contributed by atoms with E-state index in [0.717, 1.165) is 11.3 Å². The quantitative estimate of drug-likeness (QED) is 0.707. The number of primary sulfonamides is 1. The number of hydrogen-bond donors (Lipinski definition) is 1. The van der Waals surface area contributed by atoms with E-state index in [9.17, 15) is 13.2 Å². The van der Waals surface area contributed by atoms with Gasteiger partial charge in [-0.2, -0.15) is 0 Å². The average Bonchev–Trinajstić information content (AvgIpc) is 3.06. The molecule has 0 saturated heterocycles. The van der Waals surface area contributed by atoms with Crippen molar-refractivity contribution in [2.75, 3.05) is 0 Å². The van der Waals surface area contributed by atoms with Crippen LogP contribution >= 0.6 is 11.3 Å². The third kappa shape index (κ3) is 3.70. The van der Waals surface area contributed by atoms with Crippen LogP contribution in [0.2, 0.25) is 0 Å². The highest BCUT2D eigenvalue weighted by atomic mass is 32.2. The van der Waals surface area contributed by atoms with Crippen LogP contribution in [0, 0.1) is 0 Å². The average molecular weight is 359 g/mol. The Hall–Kier alpha value is -2.48. The maximum absolute atomic E-state index is 12.5. The lowest BCUT2D eigenvalue weighted by Gasteiger charge is -2.06. The zero-order valence-corrected chi connectivity index (χ0v) is 14.0. The molecule has 0 aliphatic rings. The fraction of sp³-hybridized carbons (Fsp3) is 0. The van der Waals surface area contributed by atoms with E-state index in [4.69, 9.17) is 9.88 Å². The second-order valence-electron chi connectivity index (χ2n) is 4.96. The summed E-state index contributed by atoms with van der Waals surface area (Å²) in [4.78, 5) is 12.7. The smallest absolute Gasteiger partial charge is 0.238 e. The van der Waals surface area contributed by atoms with Crippen LogP contribution in [0.5, 0.6) is 11.5 Å². The first-order chi connectivity index (χ1) is 11.4. The molecule has 0 spiro atoms. The molecule has 3 rings (SSSR count). The molecule has 7 heteroatoms. The predicted octanol–water partition coefficient (Wildman–Crippen LogP) is 3.42. The summed E-state index contributed by atoms with van der Waals surface area (Å²) in [6, 6.07) is 17.2. The predicted molar refractivity (Wildman–Crippen MR) is 92.1 cm³/mol. The molecule has 3 aromatic rings. The van der Waals surface area contributed by atoms with Crippen molar-refractivity contribution in [2.45, 2.75) is 4.90 Å². The van der Waals surface area contributed by atoms with Gasteiger partial charge in [0.1, 0.15) is 11.5 Å². The van der Waals surface area contributed by atoms with Crippen molar-refractivity contribution in [1.29, 1.82) is 0 Å². The zero-order chi connectivity index (χ0) is 17.2. The normalized spacial score (nSPS) is 11.2. The summed E-state index contributed by atoms with van der Waals surface area (Å²) in [5, 5.41) is 6.42. The van der Waals surface area contributed by atoms with Crippen LogP contribution in [-0.2, 0) is 10.0 Å². The van der Waals surface area contributed by atoms with Gasteiger partial charge in [-0.3, -0.25) is 4.79 Å². The Morgan fingerprint density at radius 2 is 1.67 bits per heavy atom. The number of carbonyl (C=O) groups is 1. The minimum atomic E-state index is -3.81. The molecule has 0 amide bonds. The number of para-hydroxylation sites is 1. The molecule has 0 radical (unpaired) electrons. The van der Waals surface area contributed by atoms with Crippen molar-refractivity contribution < 1.29 is 17.9 Å². The minimum absolute atomic E-state index is 0.0625. The third-order valence-electron chi connectivity index (χ3n) is 3.20. The van der Waals surface area contributed by atoms with E-state index in [0.29, 0.717) is 21.9 Å². The largest absolute Gasteiger partial charge is 0.457 e. The van der Waals surface area contributed by atoms with Crippen molar-refractivity contribution in [2.24, 2.45) is 5.14 Å². The Bertz CT molecular complexity index is 979. The Morgan fingerprint density at radius 3 is 2.33 bits per heavy atom. The summed E-state index contributed by atoms with van der Waals surface area (Å²) in [6.45, 7) is 0. The molecule has 122 valence electrons. The van der Waals surface area contributed by atoms with Gasteiger partial charge in [0.05, 0.1) is 9.77 Å². The SMILES string of the molecule is NS(=O)(=O)c1csc(C(=O)c2cccc(Oc3ccccc3)c2)c1. The maximum atomic E-state index is 12.5. The number of ether oxygens (including phenoxy) is 1. The summed E-state index contributed by atoms with van der Waals surface area (Å²) in [7, 11) is -3.81. The van der Waals surface area contributed by atoms with Gasteiger partial charge in [-0.05, 0) is 30.3 Å². The monoisotopic (exact) mass is 359 g/mol. The molecule has 2 aromatic carbocycles. The number of hydrogen-bond acceptors (Lipinski definition) is 5. The van der Waals surface area contributed by atoms with E-state index >= 15 is 0 Å². The Labute approximate surface area is 143 Å². The molecule has 2 N–H and O–H groups in total. The van der Waals surface area contributed by atoms with E-state index in [1.807, 2.05) is 30.3 Å². The number of nitrogens with two attached hydrogens (primary N) is 1. The van der Waals surface area contributed by atoms with E-state index < -0.39 is 10.0 Å². The van der Waals surface area contributed by atoms with Crippen molar-refractivity contribution >= 4 is 27.1 Å². The molecule has 0 atom stereocenters. The molecule has 1 heterocycles. The maximum Gasteiger partial charge on any atom is 0.238 e.